The van der Waals surface area contributed by atoms with Crippen LogP contribution in [0.15, 0.2) is 18.2 Å². The molecule has 90 valence electrons. The van der Waals surface area contributed by atoms with Gasteiger partial charge in [0.05, 0.1) is 6.61 Å². The Morgan fingerprint density at radius 2 is 2.00 bits per heavy atom. The maximum atomic E-state index is 5.74. The van der Waals surface area contributed by atoms with Crippen LogP contribution in [-0.4, -0.2) is 20.3 Å². The molecule has 2 nitrogen and oxygen atoms in total. The Kier molecular flexibility index (Phi) is 5.85. The predicted octanol–water partition coefficient (Wildman–Crippen LogP) is 3.73. The molecule has 16 heavy (non-hydrogen) atoms. The Bertz CT molecular complexity index is 324. The first kappa shape index (κ1) is 13.5. The first-order chi connectivity index (χ1) is 7.69. The molecule has 0 aliphatic rings. The van der Waals surface area contributed by atoms with E-state index in [1.807, 2.05) is 0 Å². The van der Waals surface area contributed by atoms with E-state index in [0.717, 1.165) is 11.1 Å². The van der Waals surface area contributed by atoms with E-state index in [2.05, 4.69) is 48.0 Å². The highest BCUT2D eigenvalue weighted by atomic mass is 79.9. The minimum Gasteiger partial charge on any atom is -0.491 e. The summed E-state index contributed by atoms with van der Waals surface area (Å²) in [5, 5.41) is 0.853. The third kappa shape index (κ3) is 3.80. The lowest BCUT2D eigenvalue weighted by Gasteiger charge is -2.14. The van der Waals surface area contributed by atoms with E-state index in [1.165, 1.54) is 11.1 Å². The summed E-state index contributed by atoms with van der Waals surface area (Å²) in [6.45, 7) is 5.57. The van der Waals surface area contributed by atoms with Crippen molar-refractivity contribution in [2.45, 2.75) is 25.1 Å². The van der Waals surface area contributed by atoms with Crippen molar-refractivity contribution in [1.82, 2.24) is 0 Å². The van der Waals surface area contributed by atoms with Gasteiger partial charge in [0.15, 0.2) is 0 Å². The Hall–Kier alpha value is -0.540. The van der Waals surface area contributed by atoms with Gasteiger partial charge in [-0.15, -0.1) is 0 Å². The molecule has 0 aliphatic carbocycles. The molecule has 1 aromatic carbocycles. The van der Waals surface area contributed by atoms with Crippen LogP contribution in [0, 0.1) is 0 Å². The molecule has 0 bridgehead atoms. The lowest BCUT2D eigenvalue weighted by molar-refractivity contribution is 0.145. The minimum atomic E-state index is 0.474. The van der Waals surface area contributed by atoms with Crippen LogP contribution in [0.4, 0.5) is 0 Å². The molecular formula is C13H19BrO2. The zero-order valence-corrected chi connectivity index (χ0v) is 11.7. The monoisotopic (exact) mass is 286 g/mol. The summed E-state index contributed by atoms with van der Waals surface area (Å²) in [6.07, 6.45) is 0. The fraction of sp³-hybridized carbons (Fsp3) is 0.538. The van der Waals surface area contributed by atoms with Crippen molar-refractivity contribution in [2.75, 3.05) is 20.3 Å². The molecule has 0 spiro atoms. The molecule has 0 saturated carbocycles. The van der Waals surface area contributed by atoms with Gasteiger partial charge in [0, 0.05) is 12.4 Å². The topological polar surface area (TPSA) is 18.5 Å². The maximum absolute atomic E-state index is 5.74. The summed E-state index contributed by atoms with van der Waals surface area (Å²) >= 11 is 3.45. The van der Waals surface area contributed by atoms with E-state index >= 15 is 0 Å². The standard InChI is InChI=1S/C13H19BrO2/c1-10(2)12-5-4-11(9-14)8-13(12)16-7-6-15-3/h4-5,8,10H,6-7,9H2,1-3H3. The van der Waals surface area contributed by atoms with E-state index < -0.39 is 0 Å². The van der Waals surface area contributed by atoms with Gasteiger partial charge in [0.25, 0.3) is 0 Å². The number of hydrogen-bond acceptors (Lipinski definition) is 2. The molecule has 0 aliphatic heterocycles. The van der Waals surface area contributed by atoms with E-state index in [0.29, 0.717) is 19.1 Å². The van der Waals surface area contributed by atoms with Gasteiger partial charge in [-0.2, -0.15) is 0 Å². The van der Waals surface area contributed by atoms with Gasteiger partial charge in [-0.25, -0.2) is 0 Å². The van der Waals surface area contributed by atoms with Crippen molar-refractivity contribution >= 4 is 15.9 Å². The van der Waals surface area contributed by atoms with Crippen molar-refractivity contribution in [2.24, 2.45) is 0 Å². The van der Waals surface area contributed by atoms with Crippen LogP contribution in [0.25, 0.3) is 0 Å². The summed E-state index contributed by atoms with van der Waals surface area (Å²) in [7, 11) is 1.68. The first-order valence-electron chi connectivity index (χ1n) is 5.49. The Morgan fingerprint density at radius 1 is 1.25 bits per heavy atom. The number of hydrogen-bond donors (Lipinski definition) is 0. The molecule has 0 atom stereocenters. The summed E-state index contributed by atoms with van der Waals surface area (Å²) in [5.74, 6) is 1.45. The van der Waals surface area contributed by atoms with Gasteiger partial charge in [-0.1, -0.05) is 41.9 Å². The van der Waals surface area contributed by atoms with Crippen molar-refractivity contribution in [3.63, 3.8) is 0 Å². The average molecular weight is 287 g/mol. The Balaban J connectivity index is 2.83. The number of ether oxygens (including phenoxy) is 2. The summed E-state index contributed by atoms with van der Waals surface area (Å²) in [4.78, 5) is 0. The smallest absolute Gasteiger partial charge is 0.123 e. The second-order valence-corrected chi connectivity index (χ2v) is 4.56. The fourth-order valence-corrected chi connectivity index (χ4v) is 1.85. The van der Waals surface area contributed by atoms with Gasteiger partial charge in [-0.05, 0) is 23.1 Å². The normalized spacial score (nSPS) is 10.8. The Morgan fingerprint density at radius 3 is 2.56 bits per heavy atom. The lowest BCUT2D eigenvalue weighted by Crippen LogP contribution is -2.06. The molecule has 0 radical (unpaired) electrons. The maximum Gasteiger partial charge on any atom is 0.123 e. The third-order valence-corrected chi connectivity index (χ3v) is 3.05. The van der Waals surface area contributed by atoms with Crippen LogP contribution < -0.4 is 4.74 Å². The number of benzene rings is 1. The van der Waals surface area contributed by atoms with Crippen LogP contribution in [-0.2, 0) is 10.1 Å². The van der Waals surface area contributed by atoms with Crippen LogP contribution in [0.5, 0.6) is 5.75 Å². The number of rotatable bonds is 6. The SMILES string of the molecule is COCCOc1cc(CBr)ccc1C(C)C. The molecule has 0 N–H and O–H groups in total. The van der Waals surface area contributed by atoms with E-state index in [4.69, 9.17) is 9.47 Å². The van der Waals surface area contributed by atoms with Gasteiger partial charge in [-0.3, -0.25) is 0 Å². The zero-order valence-electron chi connectivity index (χ0n) is 10.1. The minimum absolute atomic E-state index is 0.474. The lowest BCUT2D eigenvalue weighted by atomic mass is 10.0. The van der Waals surface area contributed by atoms with Crippen LogP contribution in [0.1, 0.15) is 30.9 Å². The summed E-state index contributed by atoms with van der Waals surface area (Å²) < 4.78 is 10.7. The highest BCUT2D eigenvalue weighted by molar-refractivity contribution is 9.08. The summed E-state index contributed by atoms with van der Waals surface area (Å²) in [6, 6.07) is 6.37. The number of methoxy groups -OCH3 is 1. The van der Waals surface area contributed by atoms with E-state index in [9.17, 15) is 0 Å². The molecule has 0 saturated heterocycles. The number of alkyl halides is 1. The molecular weight excluding hydrogens is 268 g/mol. The molecule has 0 heterocycles. The van der Waals surface area contributed by atoms with Crippen LogP contribution >= 0.6 is 15.9 Å². The largest absolute Gasteiger partial charge is 0.491 e. The van der Waals surface area contributed by atoms with Crippen LogP contribution in [0.3, 0.4) is 0 Å². The number of halogens is 1. The molecule has 0 fully saturated rings. The molecule has 0 amide bonds. The van der Waals surface area contributed by atoms with Crippen molar-refractivity contribution in [3.05, 3.63) is 29.3 Å². The fourth-order valence-electron chi connectivity index (χ4n) is 1.50. The second-order valence-electron chi connectivity index (χ2n) is 4.00. The molecule has 0 unspecified atom stereocenters. The summed E-state index contributed by atoms with van der Waals surface area (Å²) in [5.41, 5.74) is 2.48. The first-order valence-corrected chi connectivity index (χ1v) is 6.61. The zero-order chi connectivity index (χ0) is 12.0. The average Bonchev–Trinajstić information content (AvgIpc) is 2.29. The van der Waals surface area contributed by atoms with Crippen molar-refractivity contribution in [1.29, 1.82) is 0 Å². The third-order valence-electron chi connectivity index (χ3n) is 2.40. The second kappa shape index (κ2) is 6.92. The van der Waals surface area contributed by atoms with E-state index in [-0.39, 0.29) is 0 Å². The van der Waals surface area contributed by atoms with E-state index in [1.54, 1.807) is 7.11 Å². The van der Waals surface area contributed by atoms with Crippen LogP contribution in [0.2, 0.25) is 0 Å². The highest BCUT2D eigenvalue weighted by Gasteiger charge is 2.08. The molecule has 1 rings (SSSR count). The molecule has 3 heteroatoms. The van der Waals surface area contributed by atoms with Gasteiger partial charge in [0.2, 0.25) is 0 Å². The van der Waals surface area contributed by atoms with Gasteiger partial charge in [0.1, 0.15) is 12.4 Å². The Labute approximate surface area is 106 Å². The van der Waals surface area contributed by atoms with Crippen molar-refractivity contribution < 1.29 is 9.47 Å². The van der Waals surface area contributed by atoms with Crippen molar-refractivity contribution in [3.8, 4) is 5.75 Å². The molecule has 0 aromatic heterocycles. The molecule has 1 aromatic rings. The quantitative estimate of drug-likeness (QED) is 0.586. The predicted molar refractivity (Wildman–Crippen MR) is 70.5 cm³/mol. The van der Waals surface area contributed by atoms with Gasteiger partial charge < -0.3 is 9.47 Å². The van der Waals surface area contributed by atoms with Gasteiger partial charge >= 0.3 is 0 Å². The highest BCUT2D eigenvalue weighted by Crippen LogP contribution is 2.28.